The van der Waals surface area contributed by atoms with Crippen LogP contribution < -0.4 is 5.56 Å². The molecule has 4 rings (SSSR count). The van der Waals surface area contributed by atoms with E-state index >= 15 is 0 Å². The van der Waals surface area contributed by atoms with Gasteiger partial charge in [-0.05, 0) is 48.8 Å². The van der Waals surface area contributed by atoms with Gasteiger partial charge in [-0.15, -0.1) is 0 Å². The number of nitrogens with zero attached hydrogens (tertiary/aromatic N) is 3. The first-order valence-electron chi connectivity index (χ1n) is 8.93. The lowest BCUT2D eigenvalue weighted by Gasteiger charge is -2.33. The number of halogens is 1. The molecule has 0 bridgehead atoms. The van der Waals surface area contributed by atoms with Gasteiger partial charge in [0.2, 0.25) is 0 Å². The number of carbonyl (C=O) groups is 1. The molecule has 1 saturated heterocycles. The van der Waals surface area contributed by atoms with Crippen LogP contribution in [0.1, 0.15) is 10.5 Å². The Balaban J connectivity index is 1.90. The van der Waals surface area contributed by atoms with E-state index in [1.165, 1.54) is 28.8 Å². The van der Waals surface area contributed by atoms with Crippen LogP contribution in [0.4, 0.5) is 4.39 Å². The van der Waals surface area contributed by atoms with Gasteiger partial charge in [-0.1, -0.05) is 18.2 Å². The Morgan fingerprint density at radius 2 is 1.63 bits per heavy atom. The van der Waals surface area contributed by atoms with Gasteiger partial charge in [0, 0.05) is 37.3 Å². The predicted molar refractivity (Wildman–Crippen MR) is 103 cm³/mol. The van der Waals surface area contributed by atoms with E-state index in [1.54, 1.807) is 23.1 Å². The summed E-state index contributed by atoms with van der Waals surface area (Å²) in [6.45, 7) is 2.81. The smallest absolute Gasteiger partial charge is 0.271 e. The second-order valence-electron chi connectivity index (χ2n) is 6.83. The van der Waals surface area contributed by atoms with E-state index in [2.05, 4.69) is 4.90 Å². The van der Waals surface area contributed by atoms with Gasteiger partial charge in [-0.25, -0.2) is 4.39 Å². The second kappa shape index (κ2) is 6.96. The van der Waals surface area contributed by atoms with Crippen LogP contribution in [0.3, 0.4) is 0 Å². The van der Waals surface area contributed by atoms with E-state index < -0.39 is 0 Å². The molecule has 1 aliphatic rings. The molecule has 6 heteroatoms. The fourth-order valence-electron chi connectivity index (χ4n) is 3.43. The number of aromatic nitrogens is 1. The average molecular weight is 365 g/mol. The molecule has 0 unspecified atom stereocenters. The zero-order valence-corrected chi connectivity index (χ0v) is 15.1. The molecule has 1 amide bonds. The third kappa shape index (κ3) is 3.24. The van der Waals surface area contributed by atoms with Crippen molar-refractivity contribution in [1.29, 1.82) is 0 Å². The largest absolute Gasteiger partial charge is 0.335 e. The Morgan fingerprint density at radius 1 is 0.963 bits per heavy atom. The maximum absolute atomic E-state index is 13.4. The van der Waals surface area contributed by atoms with Gasteiger partial charge in [0.25, 0.3) is 11.5 Å². The zero-order chi connectivity index (χ0) is 19.0. The highest BCUT2D eigenvalue weighted by molar-refractivity contribution is 5.97. The number of rotatable bonds is 2. The van der Waals surface area contributed by atoms with Gasteiger partial charge in [-0.3, -0.25) is 14.2 Å². The maximum Gasteiger partial charge on any atom is 0.271 e. The van der Waals surface area contributed by atoms with Gasteiger partial charge < -0.3 is 9.80 Å². The van der Waals surface area contributed by atoms with Crippen LogP contribution in [0.2, 0.25) is 0 Å². The first-order valence-corrected chi connectivity index (χ1v) is 8.93. The Bertz CT molecular complexity index is 1050. The molecular formula is C21H20FN3O2. The lowest BCUT2D eigenvalue weighted by atomic mass is 10.1. The number of piperazine rings is 1. The summed E-state index contributed by atoms with van der Waals surface area (Å²) in [5.41, 5.74) is 0.497. The molecule has 3 aromatic rings. The zero-order valence-electron chi connectivity index (χ0n) is 15.1. The van der Waals surface area contributed by atoms with Crippen molar-refractivity contribution in [1.82, 2.24) is 14.4 Å². The molecule has 0 atom stereocenters. The van der Waals surface area contributed by atoms with E-state index in [0.29, 0.717) is 29.9 Å². The van der Waals surface area contributed by atoms with Gasteiger partial charge in [0.1, 0.15) is 11.5 Å². The van der Waals surface area contributed by atoms with Gasteiger partial charge >= 0.3 is 0 Å². The molecule has 138 valence electrons. The molecule has 1 aromatic heterocycles. The summed E-state index contributed by atoms with van der Waals surface area (Å²) in [7, 11) is 2.02. The third-order valence-corrected chi connectivity index (χ3v) is 5.02. The van der Waals surface area contributed by atoms with Crippen LogP contribution in [0.5, 0.6) is 0 Å². The Morgan fingerprint density at radius 3 is 2.33 bits per heavy atom. The topological polar surface area (TPSA) is 45.6 Å². The molecule has 5 nitrogen and oxygen atoms in total. The van der Waals surface area contributed by atoms with Crippen molar-refractivity contribution in [3.63, 3.8) is 0 Å². The van der Waals surface area contributed by atoms with Crippen molar-refractivity contribution in [2.75, 3.05) is 33.2 Å². The number of hydrogen-bond donors (Lipinski definition) is 0. The van der Waals surface area contributed by atoms with Crippen molar-refractivity contribution in [3.05, 3.63) is 76.5 Å². The molecule has 1 aliphatic heterocycles. The molecule has 0 N–H and O–H groups in total. The summed E-state index contributed by atoms with van der Waals surface area (Å²) in [6.07, 6.45) is 0. The van der Waals surface area contributed by atoms with E-state index in [4.69, 9.17) is 0 Å². The van der Waals surface area contributed by atoms with Gasteiger partial charge in [-0.2, -0.15) is 0 Å². The molecule has 0 spiro atoms. The number of carbonyl (C=O) groups excluding carboxylic acids is 1. The first kappa shape index (κ1) is 17.4. The Labute approximate surface area is 156 Å². The second-order valence-corrected chi connectivity index (χ2v) is 6.83. The van der Waals surface area contributed by atoms with Crippen LogP contribution >= 0.6 is 0 Å². The molecule has 0 saturated carbocycles. The number of hydrogen-bond acceptors (Lipinski definition) is 3. The summed E-state index contributed by atoms with van der Waals surface area (Å²) in [6, 6.07) is 14.6. The number of amides is 1. The van der Waals surface area contributed by atoms with E-state index in [0.717, 1.165) is 18.5 Å². The first-order chi connectivity index (χ1) is 13.0. The van der Waals surface area contributed by atoms with Crippen molar-refractivity contribution in [3.8, 4) is 5.69 Å². The molecule has 27 heavy (non-hydrogen) atoms. The summed E-state index contributed by atoms with van der Waals surface area (Å²) >= 11 is 0. The van der Waals surface area contributed by atoms with Crippen molar-refractivity contribution >= 4 is 16.7 Å². The lowest BCUT2D eigenvalue weighted by molar-refractivity contribution is 0.0655. The molecule has 0 radical (unpaired) electrons. The molecule has 2 heterocycles. The average Bonchev–Trinajstić information content (AvgIpc) is 2.69. The molecular weight excluding hydrogens is 345 g/mol. The van der Waals surface area contributed by atoms with E-state index in [-0.39, 0.29) is 17.3 Å². The van der Waals surface area contributed by atoms with E-state index in [1.807, 2.05) is 19.2 Å². The van der Waals surface area contributed by atoms with Crippen molar-refractivity contribution in [2.45, 2.75) is 0 Å². The van der Waals surface area contributed by atoms with Gasteiger partial charge in [0.15, 0.2) is 0 Å². The number of benzene rings is 2. The van der Waals surface area contributed by atoms with Crippen LogP contribution in [0, 0.1) is 5.82 Å². The predicted octanol–water partition coefficient (Wildman–Crippen LogP) is 2.52. The van der Waals surface area contributed by atoms with Crippen molar-refractivity contribution in [2.24, 2.45) is 0 Å². The Kier molecular flexibility index (Phi) is 4.49. The SMILES string of the molecule is CN1CCN(C(=O)c2cc3ccccc3c(=O)n2-c2ccc(F)cc2)CC1. The summed E-state index contributed by atoms with van der Waals surface area (Å²) in [4.78, 5) is 30.3. The lowest BCUT2D eigenvalue weighted by Crippen LogP contribution is -2.48. The third-order valence-electron chi connectivity index (χ3n) is 5.02. The minimum atomic E-state index is -0.389. The number of pyridine rings is 1. The van der Waals surface area contributed by atoms with Crippen molar-refractivity contribution < 1.29 is 9.18 Å². The van der Waals surface area contributed by atoms with Crippen LogP contribution in [0.15, 0.2) is 59.4 Å². The highest BCUT2D eigenvalue weighted by atomic mass is 19.1. The number of likely N-dealkylation sites (N-methyl/N-ethyl adjacent to an activating group) is 1. The fraction of sp³-hybridized carbons (Fsp3) is 0.238. The quantitative estimate of drug-likeness (QED) is 0.701. The summed E-state index contributed by atoms with van der Waals surface area (Å²) < 4.78 is 14.8. The molecule has 1 fully saturated rings. The maximum atomic E-state index is 13.4. The normalized spacial score (nSPS) is 15.3. The molecule has 0 aliphatic carbocycles. The monoisotopic (exact) mass is 365 g/mol. The number of fused-ring (bicyclic) bond motifs is 1. The minimum Gasteiger partial charge on any atom is -0.335 e. The van der Waals surface area contributed by atoms with Crippen LogP contribution in [-0.4, -0.2) is 53.5 Å². The van der Waals surface area contributed by atoms with Crippen LogP contribution in [0.25, 0.3) is 16.5 Å². The summed E-state index contributed by atoms with van der Waals surface area (Å²) in [5.74, 6) is -0.574. The van der Waals surface area contributed by atoms with E-state index in [9.17, 15) is 14.0 Å². The minimum absolute atomic E-state index is 0.185. The standard InChI is InChI=1S/C21H20FN3O2/c1-23-10-12-24(13-11-23)21(27)19-14-15-4-2-3-5-18(15)20(26)25(19)17-8-6-16(22)7-9-17/h2-9,14H,10-13H2,1H3. The summed E-state index contributed by atoms with van der Waals surface area (Å²) in [5, 5.41) is 1.25. The Hall–Kier alpha value is -2.99. The highest BCUT2D eigenvalue weighted by Gasteiger charge is 2.24. The fourth-order valence-corrected chi connectivity index (χ4v) is 3.43. The van der Waals surface area contributed by atoms with Crippen LogP contribution in [-0.2, 0) is 0 Å². The highest BCUT2D eigenvalue weighted by Crippen LogP contribution is 2.18. The van der Waals surface area contributed by atoms with Gasteiger partial charge in [0.05, 0.1) is 0 Å². The molecule has 2 aromatic carbocycles.